The van der Waals surface area contributed by atoms with Gasteiger partial charge in [-0.25, -0.2) is 4.98 Å². The molecule has 8 rings (SSSR count). The smallest absolute Gasteiger partial charge is 0.326 e. The van der Waals surface area contributed by atoms with E-state index in [2.05, 4.69) is 65.1 Å². The van der Waals surface area contributed by atoms with Gasteiger partial charge in [-0.3, -0.25) is 14.5 Å². The summed E-state index contributed by atoms with van der Waals surface area (Å²) in [6.07, 6.45) is 6.54. The Morgan fingerprint density at radius 1 is 0.772 bits per heavy atom. The largest absolute Gasteiger partial charge is 0.465 e. The molecule has 284 valence electrons. The molecule has 7 aromatic rings. The summed E-state index contributed by atoms with van der Waals surface area (Å²) in [6, 6.07) is 46.6. The summed E-state index contributed by atoms with van der Waals surface area (Å²) >= 11 is 0. The van der Waals surface area contributed by atoms with Gasteiger partial charge in [0.2, 0.25) is 5.82 Å². The van der Waals surface area contributed by atoms with Gasteiger partial charge in [0.05, 0.1) is 29.8 Å². The molecule has 1 aliphatic heterocycles. The third-order valence-electron chi connectivity index (χ3n) is 10.4. The summed E-state index contributed by atoms with van der Waals surface area (Å²) < 4.78 is 7.35. The zero-order valence-corrected chi connectivity index (χ0v) is 32.0. The maximum atomic E-state index is 13.8. The lowest BCUT2D eigenvalue weighted by atomic mass is 9.77. The van der Waals surface area contributed by atoms with Crippen LogP contribution in [-0.2, 0) is 32.8 Å². The van der Waals surface area contributed by atoms with E-state index in [4.69, 9.17) is 20.0 Å². The molecule has 5 aromatic carbocycles. The van der Waals surface area contributed by atoms with Crippen LogP contribution in [0.4, 0.5) is 5.69 Å². The minimum Gasteiger partial charge on any atom is -0.465 e. The van der Waals surface area contributed by atoms with E-state index in [1.165, 1.54) is 4.90 Å². The van der Waals surface area contributed by atoms with Crippen LogP contribution in [0.25, 0.3) is 23.0 Å². The molecule has 0 radical (unpaired) electrons. The van der Waals surface area contributed by atoms with E-state index < -0.39 is 11.5 Å². The predicted molar refractivity (Wildman–Crippen MR) is 221 cm³/mol. The van der Waals surface area contributed by atoms with Crippen LogP contribution in [0, 0.1) is 0 Å². The number of tetrazole rings is 1. The normalized spacial score (nSPS) is 13.3. The maximum Gasteiger partial charge on any atom is 0.326 e. The molecule has 0 N–H and O–H groups in total. The monoisotopic (exact) mass is 753 g/mol. The molecule has 10 heteroatoms. The number of ether oxygens (including phenoxy) is 1. The first-order valence-electron chi connectivity index (χ1n) is 19.4. The third-order valence-corrected chi connectivity index (χ3v) is 10.4. The number of imidazole rings is 1. The molecule has 0 aliphatic carbocycles. The fourth-order valence-corrected chi connectivity index (χ4v) is 7.65. The van der Waals surface area contributed by atoms with E-state index in [1.807, 2.05) is 103 Å². The summed E-state index contributed by atoms with van der Waals surface area (Å²) in [5.41, 5.74) is 6.85. The first-order valence-corrected chi connectivity index (χ1v) is 19.4. The van der Waals surface area contributed by atoms with Gasteiger partial charge < -0.3 is 9.30 Å². The van der Waals surface area contributed by atoms with Gasteiger partial charge in [-0.15, -0.1) is 15.0 Å². The summed E-state index contributed by atoms with van der Waals surface area (Å²) in [6.45, 7) is 4.56. The average Bonchev–Trinajstić information content (AvgIpc) is 3.96. The highest BCUT2D eigenvalue weighted by Gasteiger charge is 2.41. The van der Waals surface area contributed by atoms with Gasteiger partial charge in [0.15, 0.2) is 5.54 Å². The molecule has 3 heterocycles. The Morgan fingerprint density at radius 2 is 1.39 bits per heavy atom. The molecular weight excluding hydrogens is 711 g/mol. The van der Waals surface area contributed by atoms with Crippen LogP contribution in [0.15, 0.2) is 146 Å². The number of nitrogens with zero attached hydrogens (tertiary/aromatic N) is 7. The second kappa shape index (κ2) is 16.4. The lowest BCUT2D eigenvalue weighted by molar-refractivity contribution is -0.142. The number of carbonyl (C=O) groups excluding carboxylic acids is 2. The topological polar surface area (TPSA) is 108 Å². The van der Waals surface area contributed by atoms with Gasteiger partial charge in [-0.1, -0.05) is 147 Å². The van der Waals surface area contributed by atoms with Crippen molar-refractivity contribution in [3.05, 3.63) is 185 Å². The van der Waals surface area contributed by atoms with Gasteiger partial charge in [-0.2, -0.15) is 0 Å². The Kier molecular flexibility index (Phi) is 10.7. The number of hydrogen-bond donors (Lipinski definition) is 0. The molecule has 1 aliphatic rings. The van der Waals surface area contributed by atoms with Crippen molar-refractivity contribution >= 4 is 29.2 Å². The number of aryl methyl sites for hydroxylation is 1. The van der Waals surface area contributed by atoms with E-state index in [1.54, 1.807) is 11.7 Å². The Labute approximate surface area is 332 Å². The van der Waals surface area contributed by atoms with Crippen molar-refractivity contribution in [2.24, 2.45) is 0 Å². The van der Waals surface area contributed by atoms with Gasteiger partial charge in [0.1, 0.15) is 12.4 Å². The average molecular weight is 754 g/mol. The van der Waals surface area contributed by atoms with Crippen LogP contribution < -0.4 is 4.90 Å². The van der Waals surface area contributed by atoms with Crippen molar-refractivity contribution in [2.45, 2.75) is 45.2 Å². The fourth-order valence-electron chi connectivity index (χ4n) is 7.65. The number of aromatic nitrogens is 6. The zero-order valence-electron chi connectivity index (χ0n) is 32.0. The van der Waals surface area contributed by atoms with Crippen LogP contribution in [0.2, 0.25) is 0 Å². The summed E-state index contributed by atoms with van der Waals surface area (Å²) in [5.74, 6) is 0.764. The van der Waals surface area contributed by atoms with Crippen LogP contribution in [0.1, 0.15) is 66.0 Å². The first kappa shape index (κ1) is 37.0. The van der Waals surface area contributed by atoms with Gasteiger partial charge in [-0.05, 0) is 53.0 Å². The second-order valence-electron chi connectivity index (χ2n) is 14.0. The number of para-hydroxylation sites is 1. The number of benzene rings is 5. The predicted octanol–water partition coefficient (Wildman–Crippen LogP) is 8.22. The third kappa shape index (κ3) is 7.17. The summed E-state index contributed by atoms with van der Waals surface area (Å²) in [4.78, 5) is 34.3. The molecule has 0 bridgehead atoms. The highest BCUT2D eigenvalue weighted by atomic mass is 16.5. The fraction of sp³-hybridized carbons (Fsp3) is 0.191. The number of rotatable bonds is 14. The van der Waals surface area contributed by atoms with Gasteiger partial charge in [0, 0.05) is 24.1 Å². The highest BCUT2D eigenvalue weighted by molar-refractivity contribution is 6.36. The Hall–Kier alpha value is -6.94. The lowest BCUT2D eigenvalue weighted by Crippen LogP contribution is -2.39. The highest BCUT2D eigenvalue weighted by Crippen LogP contribution is 2.40. The van der Waals surface area contributed by atoms with E-state index in [0.717, 1.165) is 64.2 Å². The van der Waals surface area contributed by atoms with E-state index >= 15 is 0 Å². The van der Waals surface area contributed by atoms with Crippen LogP contribution in [0.3, 0.4) is 0 Å². The molecule has 0 atom stereocenters. The molecule has 0 spiro atoms. The molecule has 0 saturated heterocycles. The molecule has 0 unspecified atom stereocenters. The zero-order chi connectivity index (χ0) is 39.2. The van der Waals surface area contributed by atoms with Crippen molar-refractivity contribution in [3.8, 4) is 11.4 Å². The molecule has 57 heavy (non-hydrogen) atoms. The number of anilines is 1. The van der Waals surface area contributed by atoms with E-state index in [-0.39, 0.29) is 19.1 Å². The van der Waals surface area contributed by atoms with Crippen molar-refractivity contribution in [1.82, 2.24) is 29.8 Å². The molecule has 2 aromatic heterocycles. The number of carbonyl (C=O) groups is 2. The van der Waals surface area contributed by atoms with Gasteiger partial charge in [0.25, 0.3) is 5.91 Å². The molecular formula is C47H43N7O3. The molecule has 1 amide bonds. The quantitative estimate of drug-likeness (QED) is 0.0626. The minimum absolute atomic E-state index is 0.150. The molecule has 10 nitrogen and oxygen atoms in total. The molecule has 0 fully saturated rings. The number of fused-ring (bicyclic) bond motifs is 1. The van der Waals surface area contributed by atoms with Crippen LogP contribution in [-0.4, -0.2) is 54.8 Å². The van der Waals surface area contributed by atoms with Crippen molar-refractivity contribution in [2.75, 3.05) is 18.1 Å². The molecule has 0 saturated carbocycles. The van der Waals surface area contributed by atoms with Crippen molar-refractivity contribution in [3.63, 3.8) is 0 Å². The Bertz CT molecular complexity index is 2410. The maximum absolute atomic E-state index is 13.8. The minimum atomic E-state index is -0.868. The van der Waals surface area contributed by atoms with Crippen LogP contribution in [0.5, 0.6) is 0 Å². The number of unbranched alkanes of at least 4 members (excludes halogenated alkanes) is 1. The number of esters is 1. The second-order valence-corrected chi connectivity index (χ2v) is 14.0. The number of hydrogen-bond acceptors (Lipinski definition) is 7. The Morgan fingerprint density at radius 3 is 2.00 bits per heavy atom. The standard InChI is InChI=1S/C47H43N7O3/c1-3-5-25-43-48-31-39(30-41-40-23-15-16-24-42(40)53(46(41)56)33-44(55)57-4-2)52(43)32-34-26-28-35(29-27-34)45-49-51-54(50-45)47(36-17-9-6-10-18-36,37-19-11-7-12-20-37)38-21-13-8-14-22-38/h6-24,26-31H,3-5,25,32-33H2,1-2H3/b41-30+. The van der Waals surface area contributed by atoms with Crippen molar-refractivity contribution < 1.29 is 14.3 Å². The van der Waals surface area contributed by atoms with Crippen LogP contribution >= 0.6 is 0 Å². The first-order chi connectivity index (χ1) is 28.0. The van der Waals surface area contributed by atoms with E-state index in [0.29, 0.717) is 23.6 Å². The Balaban J connectivity index is 1.12. The van der Waals surface area contributed by atoms with Gasteiger partial charge >= 0.3 is 5.97 Å². The number of amides is 1. The lowest BCUT2D eigenvalue weighted by Gasteiger charge is -2.34. The summed E-state index contributed by atoms with van der Waals surface area (Å²) in [5, 5.41) is 14.4. The SMILES string of the molecule is CCCCc1ncc(/C=C2/C(=O)N(CC(=O)OCC)c3ccccc32)n1Cc1ccc(-c2nnn(C(c3ccccc3)(c3ccccc3)c3ccccc3)n2)cc1. The summed E-state index contributed by atoms with van der Waals surface area (Å²) in [7, 11) is 0. The van der Waals surface area contributed by atoms with E-state index in [9.17, 15) is 9.59 Å². The van der Waals surface area contributed by atoms with Crippen molar-refractivity contribution in [1.29, 1.82) is 0 Å².